The lowest BCUT2D eigenvalue weighted by Gasteiger charge is -1.98. The molecule has 24 heavy (non-hydrogen) atoms. The molecule has 3 aromatic heterocycles. The highest BCUT2D eigenvalue weighted by molar-refractivity contribution is 7.20. The van der Waals surface area contributed by atoms with Crippen molar-refractivity contribution in [2.24, 2.45) is 0 Å². The van der Waals surface area contributed by atoms with Crippen molar-refractivity contribution in [2.45, 2.75) is 13.8 Å². The van der Waals surface area contributed by atoms with Gasteiger partial charge in [0.2, 0.25) is 0 Å². The lowest BCUT2D eigenvalue weighted by molar-refractivity contribution is 0.0605. The number of allylic oxidation sites excluding steroid dienone is 1. The smallest absolute Gasteiger partial charge is 0.348 e. The Balaban J connectivity index is 1.92. The summed E-state index contributed by atoms with van der Waals surface area (Å²) in [5, 5.41) is 0.812. The minimum Gasteiger partial charge on any atom is -0.465 e. The average Bonchev–Trinajstić information content (AvgIpc) is 3.15. The van der Waals surface area contributed by atoms with Gasteiger partial charge >= 0.3 is 5.97 Å². The molecule has 0 spiro atoms. The molecular weight excluding hydrogens is 342 g/mol. The summed E-state index contributed by atoms with van der Waals surface area (Å²) in [4.78, 5) is 31.9. The van der Waals surface area contributed by atoms with Gasteiger partial charge in [0.15, 0.2) is 5.78 Å². The molecule has 0 aliphatic rings. The van der Waals surface area contributed by atoms with E-state index in [-0.39, 0.29) is 11.8 Å². The monoisotopic (exact) mass is 357 g/mol. The number of aromatic nitrogens is 1. The summed E-state index contributed by atoms with van der Waals surface area (Å²) in [5.41, 5.74) is 1.30. The molecule has 122 valence electrons. The van der Waals surface area contributed by atoms with E-state index < -0.39 is 0 Å². The third kappa shape index (κ3) is 3.16. The Hall–Kier alpha value is -2.31. The van der Waals surface area contributed by atoms with Gasteiger partial charge in [0.1, 0.15) is 9.71 Å². The zero-order chi connectivity index (χ0) is 17.3. The quantitative estimate of drug-likeness (QED) is 0.387. The Labute approximate surface area is 147 Å². The number of carbonyl (C=O) groups is 2. The number of esters is 1. The highest BCUT2D eigenvalue weighted by atomic mass is 32.1. The van der Waals surface area contributed by atoms with E-state index in [1.54, 1.807) is 29.7 Å². The van der Waals surface area contributed by atoms with E-state index in [9.17, 15) is 9.59 Å². The van der Waals surface area contributed by atoms with Crippen LogP contribution in [0.1, 0.15) is 35.3 Å². The van der Waals surface area contributed by atoms with E-state index in [0.29, 0.717) is 10.4 Å². The lowest BCUT2D eigenvalue weighted by atomic mass is 10.1. The van der Waals surface area contributed by atoms with Gasteiger partial charge in [-0.15, -0.1) is 22.7 Å². The SMILES string of the molecule is COC(=O)c1sc2ncc(C(=O)/C=C/c3ccc(C)s3)cc2c1C. The first-order chi connectivity index (χ1) is 11.5. The summed E-state index contributed by atoms with van der Waals surface area (Å²) in [5.74, 6) is -0.489. The zero-order valence-corrected chi connectivity index (χ0v) is 15.1. The summed E-state index contributed by atoms with van der Waals surface area (Å²) >= 11 is 2.91. The predicted octanol–water partition coefficient (Wildman–Crippen LogP) is 4.66. The minimum absolute atomic E-state index is 0.110. The van der Waals surface area contributed by atoms with Crippen molar-refractivity contribution >= 4 is 50.7 Å². The second-order valence-corrected chi connectivity index (χ2v) is 7.59. The fourth-order valence-electron chi connectivity index (χ4n) is 2.32. The minimum atomic E-state index is -0.378. The standard InChI is InChI=1S/C18H15NO3S2/c1-10-4-5-13(23-10)6-7-15(20)12-8-14-11(2)16(18(21)22-3)24-17(14)19-9-12/h4-9H,1-3H3/b7-6+. The highest BCUT2D eigenvalue weighted by Gasteiger charge is 2.17. The molecule has 0 atom stereocenters. The number of pyridine rings is 1. The van der Waals surface area contributed by atoms with Crippen LogP contribution in [0, 0.1) is 13.8 Å². The third-order valence-electron chi connectivity index (χ3n) is 3.61. The largest absolute Gasteiger partial charge is 0.465 e. The van der Waals surface area contributed by atoms with E-state index in [2.05, 4.69) is 4.98 Å². The number of hydrogen-bond donors (Lipinski definition) is 0. The molecule has 6 heteroatoms. The molecule has 0 bridgehead atoms. The van der Waals surface area contributed by atoms with Crippen LogP contribution in [0.15, 0.2) is 30.5 Å². The number of hydrogen-bond acceptors (Lipinski definition) is 6. The first-order valence-corrected chi connectivity index (χ1v) is 8.89. The Morgan fingerprint density at radius 2 is 2.00 bits per heavy atom. The molecule has 0 saturated heterocycles. The van der Waals surface area contributed by atoms with Crippen LogP contribution in [0.4, 0.5) is 0 Å². The molecular formula is C18H15NO3S2. The second-order valence-electron chi connectivity index (χ2n) is 5.27. The number of ether oxygens (including phenoxy) is 1. The normalized spacial score (nSPS) is 11.3. The van der Waals surface area contributed by atoms with Crippen LogP contribution in [0.5, 0.6) is 0 Å². The van der Waals surface area contributed by atoms with E-state index in [0.717, 1.165) is 20.7 Å². The van der Waals surface area contributed by atoms with Gasteiger partial charge in [-0.05, 0) is 49.8 Å². The van der Waals surface area contributed by atoms with Crippen molar-refractivity contribution < 1.29 is 14.3 Å². The van der Waals surface area contributed by atoms with E-state index in [4.69, 9.17) is 4.74 Å². The molecule has 0 aliphatic heterocycles. The van der Waals surface area contributed by atoms with E-state index in [1.807, 2.05) is 32.1 Å². The van der Waals surface area contributed by atoms with Crippen LogP contribution in [0.25, 0.3) is 16.3 Å². The topological polar surface area (TPSA) is 56.3 Å². The first-order valence-electron chi connectivity index (χ1n) is 7.26. The van der Waals surface area contributed by atoms with Gasteiger partial charge in [-0.25, -0.2) is 9.78 Å². The first kappa shape index (κ1) is 16.5. The van der Waals surface area contributed by atoms with Crippen LogP contribution in [-0.2, 0) is 4.74 Å². The van der Waals surface area contributed by atoms with Gasteiger partial charge in [0.25, 0.3) is 0 Å². The third-order valence-corrected chi connectivity index (χ3v) is 5.77. The van der Waals surface area contributed by atoms with Crippen LogP contribution >= 0.6 is 22.7 Å². The molecule has 0 fully saturated rings. The molecule has 3 aromatic rings. The molecule has 4 nitrogen and oxygen atoms in total. The Morgan fingerprint density at radius 3 is 2.67 bits per heavy atom. The molecule has 0 unspecified atom stereocenters. The van der Waals surface area contributed by atoms with Gasteiger partial charge in [0.05, 0.1) is 7.11 Å². The molecule has 0 aromatic carbocycles. The molecule has 3 rings (SSSR count). The van der Waals surface area contributed by atoms with Crippen molar-refractivity contribution in [1.82, 2.24) is 4.98 Å². The molecule has 0 saturated carbocycles. The summed E-state index contributed by atoms with van der Waals surface area (Å²) in [6, 6.07) is 5.79. The number of methoxy groups -OCH3 is 1. The molecule has 3 heterocycles. The number of carbonyl (C=O) groups excluding carboxylic acids is 2. The fourth-order valence-corrected chi connectivity index (χ4v) is 4.15. The second kappa shape index (κ2) is 6.67. The number of rotatable bonds is 4. The Bertz CT molecular complexity index is 966. The van der Waals surface area contributed by atoms with Crippen molar-refractivity contribution in [3.63, 3.8) is 0 Å². The Kier molecular flexibility index (Phi) is 4.59. The van der Waals surface area contributed by atoms with E-state index >= 15 is 0 Å². The number of ketones is 1. The number of fused-ring (bicyclic) bond motifs is 1. The van der Waals surface area contributed by atoms with Crippen LogP contribution < -0.4 is 0 Å². The summed E-state index contributed by atoms with van der Waals surface area (Å²) in [6.45, 7) is 3.87. The van der Waals surface area contributed by atoms with Gasteiger partial charge in [-0.1, -0.05) is 0 Å². The number of nitrogens with zero attached hydrogens (tertiary/aromatic N) is 1. The van der Waals surface area contributed by atoms with Crippen molar-refractivity contribution in [2.75, 3.05) is 7.11 Å². The molecule has 0 aliphatic carbocycles. The van der Waals surface area contributed by atoms with Gasteiger partial charge in [-0.2, -0.15) is 0 Å². The maximum absolute atomic E-state index is 12.4. The van der Waals surface area contributed by atoms with Gasteiger partial charge in [0, 0.05) is 26.9 Å². The number of thiophene rings is 2. The number of aryl methyl sites for hydroxylation is 2. The molecule has 0 amide bonds. The lowest BCUT2D eigenvalue weighted by Crippen LogP contribution is -1.99. The van der Waals surface area contributed by atoms with Crippen LogP contribution in [-0.4, -0.2) is 23.8 Å². The van der Waals surface area contributed by atoms with Crippen molar-refractivity contribution in [3.8, 4) is 0 Å². The highest BCUT2D eigenvalue weighted by Crippen LogP contribution is 2.30. The van der Waals surface area contributed by atoms with Crippen molar-refractivity contribution in [1.29, 1.82) is 0 Å². The van der Waals surface area contributed by atoms with Crippen LogP contribution in [0.3, 0.4) is 0 Å². The summed E-state index contributed by atoms with van der Waals surface area (Å²) in [7, 11) is 1.35. The Morgan fingerprint density at radius 1 is 1.21 bits per heavy atom. The average molecular weight is 357 g/mol. The summed E-state index contributed by atoms with van der Waals surface area (Å²) in [6.07, 6.45) is 4.91. The van der Waals surface area contributed by atoms with Crippen molar-refractivity contribution in [3.05, 3.63) is 56.2 Å². The van der Waals surface area contributed by atoms with Gasteiger partial charge in [-0.3, -0.25) is 4.79 Å². The van der Waals surface area contributed by atoms with E-state index in [1.165, 1.54) is 23.3 Å². The maximum atomic E-state index is 12.4. The zero-order valence-electron chi connectivity index (χ0n) is 13.5. The predicted molar refractivity (Wildman–Crippen MR) is 98.1 cm³/mol. The maximum Gasteiger partial charge on any atom is 0.348 e. The van der Waals surface area contributed by atoms with Crippen LogP contribution in [0.2, 0.25) is 0 Å². The summed E-state index contributed by atoms with van der Waals surface area (Å²) < 4.78 is 4.78. The molecule has 0 N–H and O–H groups in total. The fraction of sp³-hybridized carbons (Fsp3) is 0.167. The molecule has 0 radical (unpaired) electrons. The van der Waals surface area contributed by atoms with Gasteiger partial charge < -0.3 is 4.74 Å².